The highest BCUT2D eigenvalue weighted by Gasteiger charge is 2.16. The van der Waals surface area contributed by atoms with Crippen molar-refractivity contribution in [1.82, 2.24) is 4.98 Å². The van der Waals surface area contributed by atoms with Gasteiger partial charge in [0.25, 0.3) is 0 Å². The molecule has 3 heteroatoms. The van der Waals surface area contributed by atoms with E-state index < -0.39 is 5.97 Å². The van der Waals surface area contributed by atoms with Crippen LogP contribution in [0.25, 0.3) is 10.9 Å². The van der Waals surface area contributed by atoms with E-state index in [2.05, 4.69) is 11.9 Å². The lowest BCUT2D eigenvalue weighted by molar-refractivity contribution is 0.0698. The van der Waals surface area contributed by atoms with Crippen LogP contribution in [0.5, 0.6) is 0 Å². The van der Waals surface area contributed by atoms with E-state index in [0.29, 0.717) is 5.56 Å². The summed E-state index contributed by atoms with van der Waals surface area (Å²) in [6.45, 7) is 6.02. The van der Waals surface area contributed by atoms with Crippen LogP contribution in [0.15, 0.2) is 12.1 Å². The molecule has 0 aliphatic heterocycles. The van der Waals surface area contributed by atoms with Gasteiger partial charge < -0.3 is 10.1 Å². The Morgan fingerprint density at radius 1 is 1.33 bits per heavy atom. The second-order valence-electron chi connectivity index (χ2n) is 4.82. The SMILES string of the molecule is CCCCc1c(C)[nH]c2c(C(=O)O)c(C)ccc12. The summed E-state index contributed by atoms with van der Waals surface area (Å²) in [6.07, 6.45) is 3.28. The third-order valence-electron chi connectivity index (χ3n) is 3.50. The number of unbranched alkanes of at least 4 members (excludes halogenated alkanes) is 1. The first-order valence-corrected chi connectivity index (χ1v) is 6.40. The number of aromatic nitrogens is 1. The normalized spacial score (nSPS) is 11.1. The van der Waals surface area contributed by atoms with Crippen LogP contribution in [-0.4, -0.2) is 16.1 Å². The molecule has 0 radical (unpaired) electrons. The lowest BCUT2D eigenvalue weighted by Gasteiger charge is -2.03. The molecule has 0 amide bonds. The quantitative estimate of drug-likeness (QED) is 0.860. The Labute approximate surface area is 107 Å². The molecule has 2 aromatic rings. The average molecular weight is 245 g/mol. The first-order chi connectivity index (χ1) is 8.56. The van der Waals surface area contributed by atoms with Gasteiger partial charge in [-0.1, -0.05) is 25.5 Å². The molecule has 0 aliphatic rings. The third kappa shape index (κ3) is 2.01. The molecule has 1 aromatic carbocycles. The molecule has 3 nitrogen and oxygen atoms in total. The summed E-state index contributed by atoms with van der Waals surface area (Å²) in [5.74, 6) is -0.860. The fraction of sp³-hybridized carbons (Fsp3) is 0.400. The molecule has 0 saturated heterocycles. The van der Waals surface area contributed by atoms with Gasteiger partial charge in [-0.15, -0.1) is 0 Å². The zero-order valence-corrected chi connectivity index (χ0v) is 11.1. The van der Waals surface area contributed by atoms with Gasteiger partial charge in [0.05, 0.1) is 11.1 Å². The molecule has 2 N–H and O–H groups in total. The van der Waals surface area contributed by atoms with Crippen LogP contribution in [0.3, 0.4) is 0 Å². The number of rotatable bonds is 4. The highest BCUT2D eigenvalue weighted by molar-refractivity contribution is 6.04. The highest BCUT2D eigenvalue weighted by Crippen LogP contribution is 2.28. The van der Waals surface area contributed by atoms with Crippen LogP contribution in [0.2, 0.25) is 0 Å². The maximum absolute atomic E-state index is 11.4. The smallest absolute Gasteiger partial charge is 0.338 e. The van der Waals surface area contributed by atoms with E-state index in [0.717, 1.165) is 41.4 Å². The molecule has 0 atom stereocenters. The van der Waals surface area contributed by atoms with Crippen molar-refractivity contribution >= 4 is 16.9 Å². The minimum atomic E-state index is -0.860. The number of carboxylic acid groups (broad SMARTS) is 1. The fourth-order valence-electron chi connectivity index (χ4n) is 2.50. The molecule has 0 spiro atoms. The van der Waals surface area contributed by atoms with E-state index in [4.69, 9.17) is 0 Å². The van der Waals surface area contributed by atoms with Crippen molar-refractivity contribution in [2.24, 2.45) is 0 Å². The number of hydrogen-bond acceptors (Lipinski definition) is 1. The molecular weight excluding hydrogens is 226 g/mol. The van der Waals surface area contributed by atoms with Crippen LogP contribution in [-0.2, 0) is 6.42 Å². The largest absolute Gasteiger partial charge is 0.478 e. The number of benzene rings is 1. The lowest BCUT2D eigenvalue weighted by Crippen LogP contribution is -2.00. The van der Waals surface area contributed by atoms with Crippen LogP contribution in [0.1, 0.15) is 46.9 Å². The van der Waals surface area contributed by atoms with E-state index in [1.165, 1.54) is 5.56 Å². The van der Waals surface area contributed by atoms with Crippen molar-refractivity contribution in [2.45, 2.75) is 40.0 Å². The highest BCUT2D eigenvalue weighted by atomic mass is 16.4. The van der Waals surface area contributed by atoms with Gasteiger partial charge in [0.15, 0.2) is 0 Å². The third-order valence-corrected chi connectivity index (χ3v) is 3.50. The molecule has 1 aromatic heterocycles. The number of hydrogen-bond donors (Lipinski definition) is 2. The number of H-pyrrole nitrogens is 1. The maximum Gasteiger partial charge on any atom is 0.338 e. The summed E-state index contributed by atoms with van der Waals surface area (Å²) >= 11 is 0. The van der Waals surface area contributed by atoms with Gasteiger partial charge >= 0.3 is 5.97 Å². The molecule has 0 unspecified atom stereocenters. The van der Waals surface area contributed by atoms with Gasteiger partial charge in [0, 0.05) is 11.1 Å². The van der Waals surface area contributed by atoms with Crippen molar-refractivity contribution in [3.8, 4) is 0 Å². The van der Waals surface area contributed by atoms with E-state index in [9.17, 15) is 9.90 Å². The molecule has 18 heavy (non-hydrogen) atoms. The zero-order chi connectivity index (χ0) is 13.3. The van der Waals surface area contributed by atoms with E-state index in [1.54, 1.807) is 0 Å². The second kappa shape index (κ2) is 4.84. The summed E-state index contributed by atoms with van der Waals surface area (Å²) in [4.78, 5) is 14.6. The van der Waals surface area contributed by atoms with Crippen LogP contribution in [0, 0.1) is 13.8 Å². The van der Waals surface area contributed by atoms with Gasteiger partial charge in [-0.25, -0.2) is 4.79 Å². The average Bonchev–Trinajstić information content (AvgIpc) is 2.61. The summed E-state index contributed by atoms with van der Waals surface area (Å²) in [7, 11) is 0. The minimum absolute atomic E-state index is 0.401. The Balaban J connectivity index is 2.66. The van der Waals surface area contributed by atoms with Gasteiger partial charge in [0.2, 0.25) is 0 Å². The molecule has 0 fully saturated rings. The van der Waals surface area contributed by atoms with E-state index in [1.807, 2.05) is 26.0 Å². The number of aryl methyl sites for hydroxylation is 3. The summed E-state index contributed by atoms with van der Waals surface area (Å²) < 4.78 is 0. The Bertz CT molecular complexity index is 596. The van der Waals surface area contributed by atoms with Crippen molar-refractivity contribution in [1.29, 1.82) is 0 Å². The van der Waals surface area contributed by atoms with Crippen molar-refractivity contribution < 1.29 is 9.90 Å². The van der Waals surface area contributed by atoms with Crippen molar-refractivity contribution in [3.05, 3.63) is 34.5 Å². The number of nitrogens with one attached hydrogen (secondary N) is 1. The molecule has 96 valence electrons. The predicted molar refractivity (Wildman–Crippen MR) is 73.3 cm³/mol. The Kier molecular flexibility index (Phi) is 3.41. The summed E-state index contributed by atoms with van der Waals surface area (Å²) in [5.41, 5.74) is 4.32. The van der Waals surface area contributed by atoms with Gasteiger partial charge in [-0.2, -0.15) is 0 Å². The maximum atomic E-state index is 11.4. The standard InChI is InChI=1S/C15H19NO2/c1-4-5-6-11-10(3)16-14-12(11)8-7-9(2)13(14)15(17)18/h7-8,16H,4-6H2,1-3H3,(H,17,18). The van der Waals surface area contributed by atoms with Crippen molar-refractivity contribution in [3.63, 3.8) is 0 Å². The first-order valence-electron chi connectivity index (χ1n) is 6.40. The Morgan fingerprint density at radius 2 is 2.06 bits per heavy atom. The summed E-state index contributed by atoms with van der Waals surface area (Å²) in [5, 5.41) is 10.4. The molecular formula is C15H19NO2. The first kappa shape index (κ1) is 12.7. The van der Waals surface area contributed by atoms with Gasteiger partial charge in [0.1, 0.15) is 0 Å². The minimum Gasteiger partial charge on any atom is -0.478 e. The number of fused-ring (bicyclic) bond motifs is 1. The second-order valence-corrected chi connectivity index (χ2v) is 4.82. The summed E-state index contributed by atoms with van der Waals surface area (Å²) in [6, 6.07) is 3.93. The van der Waals surface area contributed by atoms with Crippen molar-refractivity contribution in [2.75, 3.05) is 0 Å². The van der Waals surface area contributed by atoms with Crippen LogP contribution in [0.4, 0.5) is 0 Å². The molecule has 0 saturated carbocycles. The topological polar surface area (TPSA) is 53.1 Å². The van der Waals surface area contributed by atoms with Gasteiger partial charge in [-0.3, -0.25) is 0 Å². The molecule has 0 aliphatic carbocycles. The predicted octanol–water partition coefficient (Wildman–Crippen LogP) is 3.83. The van der Waals surface area contributed by atoms with E-state index >= 15 is 0 Å². The number of carbonyl (C=O) groups is 1. The molecule has 1 heterocycles. The number of carboxylic acids is 1. The van der Waals surface area contributed by atoms with Crippen LogP contribution >= 0.6 is 0 Å². The number of aromatic amines is 1. The Hall–Kier alpha value is -1.77. The lowest BCUT2D eigenvalue weighted by atomic mass is 10.0. The number of aromatic carboxylic acids is 1. The van der Waals surface area contributed by atoms with E-state index in [-0.39, 0.29) is 0 Å². The monoisotopic (exact) mass is 245 g/mol. The fourth-order valence-corrected chi connectivity index (χ4v) is 2.50. The molecule has 0 bridgehead atoms. The van der Waals surface area contributed by atoms with Gasteiger partial charge in [-0.05, 0) is 37.8 Å². The zero-order valence-electron chi connectivity index (χ0n) is 11.1. The molecule has 2 rings (SSSR count). The Morgan fingerprint density at radius 3 is 2.67 bits per heavy atom. The van der Waals surface area contributed by atoms with Crippen LogP contribution < -0.4 is 0 Å².